The van der Waals surface area contributed by atoms with E-state index in [1.54, 1.807) is 0 Å². The highest BCUT2D eigenvalue weighted by atomic mass is 15.3. The summed E-state index contributed by atoms with van der Waals surface area (Å²) in [7, 11) is 2.24. The van der Waals surface area contributed by atoms with Gasteiger partial charge in [0.1, 0.15) is 0 Å². The van der Waals surface area contributed by atoms with Crippen LogP contribution in [0, 0.1) is 6.92 Å². The van der Waals surface area contributed by atoms with E-state index < -0.39 is 0 Å². The molecule has 1 unspecified atom stereocenters. The van der Waals surface area contributed by atoms with Gasteiger partial charge in [-0.2, -0.15) is 0 Å². The third-order valence-corrected chi connectivity index (χ3v) is 4.25. The Morgan fingerprint density at radius 2 is 2.15 bits per heavy atom. The van der Waals surface area contributed by atoms with Crippen molar-refractivity contribution in [3.8, 4) is 0 Å². The van der Waals surface area contributed by atoms with Crippen LogP contribution in [0.5, 0.6) is 0 Å². The fourth-order valence-corrected chi connectivity index (χ4v) is 2.87. The summed E-state index contributed by atoms with van der Waals surface area (Å²) in [6.45, 7) is 11.8. The summed E-state index contributed by atoms with van der Waals surface area (Å²) in [6, 6.07) is 2.90. The molecule has 112 valence electrons. The average molecular weight is 276 g/mol. The maximum atomic E-state index is 4.46. The maximum Gasteiger partial charge on any atom is 0.0446 e. The van der Waals surface area contributed by atoms with E-state index in [0.717, 1.165) is 38.4 Å². The van der Waals surface area contributed by atoms with E-state index in [9.17, 15) is 0 Å². The normalized spacial score (nSPS) is 20.4. The maximum absolute atomic E-state index is 4.46. The standard InChI is InChI=1S/C16H28N4/c1-5-15-12-20(8-7-19(15)4)16-9-13(3)18-11-14(16)10-17-6-2/h9,11,15,17H,5-8,10,12H2,1-4H3. The lowest BCUT2D eigenvalue weighted by atomic mass is 10.1. The lowest BCUT2D eigenvalue weighted by molar-refractivity contribution is 0.213. The van der Waals surface area contributed by atoms with Gasteiger partial charge in [-0.25, -0.2) is 0 Å². The summed E-state index contributed by atoms with van der Waals surface area (Å²) in [6.07, 6.45) is 3.24. The fourth-order valence-electron chi connectivity index (χ4n) is 2.87. The summed E-state index contributed by atoms with van der Waals surface area (Å²) >= 11 is 0. The van der Waals surface area contributed by atoms with Crippen LogP contribution < -0.4 is 10.2 Å². The van der Waals surface area contributed by atoms with Crippen LogP contribution in [0.25, 0.3) is 0 Å². The molecule has 1 fully saturated rings. The fraction of sp³-hybridized carbons (Fsp3) is 0.688. The van der Waals surface area contributed by atoms with Crippen molar-refractivity contribution in [3.63, 3.8) is 0 Å². The summed E-state index contributed by atoms with van der Waals surface area (Å²) in [5.41, 5.74) is 3.79. The van der Waals surface area contributed by atoms with Crippen molar-refractivity contribution < 1.29 is 0 Å². The molecule has 2 heterocycles. The van der Waals surface area contributed by atoms with Crippen molar-refractivity contribution in [1.29, 1.82) is 0 Å². The van der Waals surface area contributed by atoms with E-state index in [-0.39, 0.29) is 0 Å². The van der Waals surface area contributed by atoms with Crippen LogP contribution in [0.1, 0.15) is 31.5 Å². The Kier molecular flexibility index (Phi) is 5.38. The Hall–Kier alpha value is -1.13. The summed E-state index contributed by atoms with van der Waals surface area (Å²) < 4.78 is 0. The molecule has 2 rings (SSSR count). The third kappa shape index (κ3) is 3.49. The number of nitrogens with zero attached hydrogens (tertiary/aromatic N) is 3. The monoisotopic (exact) mass is 276 g/mol. The first-order valence-electron chi connectivity index (χ1n) is 7.77. The summed E-state index contributed by atoms with van der Waals surface area (Å²) in [4.78, 5) is 9.48. The van der Waals surface area contributed by atoms with E-state index in [1.807, 2.05) is 6.20 Å². The predicted molar refractivity (Wildman–Crippen MR) is 85.3 cm³/mol. The van der Waals surface area contributed by atoms with E-state index >= 15 is 0 Å². The minimum Gasteiger partial charge on any atom is -0.368 e. The number of likely N-dealkylation sites (N-methyl/N-ethyl adjacent to an activating group) is 1. The zero-order valence-electron chi connectivity index (χ0n) is 13.3. The molecule has 4 nitrogen and oxygen atoms in total. The van der Waals surface area contributed by atoms with Gasteiger partial charge < -0.3 is 10.2 Å². The Balaban J connectivity index is 2.19. The highest BCUT2D eigenvalue weighted by Gasteiger charge is 2.24. The van der Waals surface area contributed by atoms with Crippen molar-refractivity contribution in [1.82, 2.24) is 15.2 Å². The number of rotatable bonds is 5. The lowest BCUT2D eigenvalue weighted by Crippen LogP contribution is -2.51. The van der Waals surface area contributed by atoms with Gasteiger partial charge in [0.25, 0.3) is 0 Å². The Bertz CT molecular complexity index is 432. The molecular weight excluding hydrogens is 248 g/mol. The number of piperazine rings is 1. The van der Waals surface area contributed by atoms with E-state index in [4.69, 9.17) is 0 Å². The SMILES string of the molecule is CCNCc1cnc(C)cc1N1CCN(C)C(CC)C1. The van der Waals surface area contributed by atoms with Gasteiger partial charge in [-0.05, 0) is 33.0 Å². The predicted octanol–water partition coefficient (Wildman–Crippen LogP) is 2.03. The number of hydrogen-bond acceptors (Lipinski definition) is 4. The number of pyridine rings is 1. The van der Waals surface area contributed by atoms with Crippen molar-refractivity contribution in [2.24, 2.45) is 0 Å². The number of nitrogens with one attached hydrogen (secondary N) is 1. The van der Waals surface area contributed by atoms with Gasteiger partial charge in [0.05, 0.1) is 0 Å². The van der Waals surface area contributed by atoms with Crippen molar-refractivity contribution in [2.75, 3.05) is 38.1 Å². The first-order valence-corrected chi connectivity index (χ1v) is 7.77. The number of anilines is 1. The van der Waals surface area contributed by atoms with Gasteiger partial charge >= 0.3 is 0 Å². The zero-order valence-corrected chi connectivity index (χ0v) is 13.3. The van der Waals surface area contributed by atoms with E-state index in [1.165, 1.54) is 17.7 Å². The van der Waals surface area contributed by atoms with Gasteiger partial charge in [0, 0.05) is 55.4 Å². The molecule has 1 aromatic heterocycles. The highest BCUT2D eigenvalue weighted by molar-refractivity contribution is 5.54. The van der Waals surface area contributed by atoms with Crippen LogP contribution >= 0.6 is 0 Å². The second-order valence-corrected chi connectivity index (χ2v) is 5.72. The van der Waals surface area contributed by atoms with Gasteiger partial charge in [-0.3, -0.25) is 9.88 Å². The zero-order chi connectivity index (χ0) is 14.5. The molecule has 1 aromatic rings. The number of aromatic nitrogens is 1. The molecule has 1 N–H and O–H groups in total. The molecule has 1 atom stereocenters. The minimum atomic E-state index is 0.657. The molecule has 0 spiro atoms. The van der Waals surface area contributed by atoms with Crippen molar-refractivity contribution >= 4 is 5.69 Å². The van der Waals surface area contributed by atoms with Crippen LogP contribution in [0.4, 0.5) is 5.69 Å². The molecule has 1 saturated heterocycles. The minimum absolute atomic E-state index is 0.657. The smallest absolute Gasteiger partial charge is 0.0446 e. The van der Waals surface area contributed by atoms with Crippen LogP contribution in [-0.4, -0.2) is 49.2 Å². The molecule has 0 saturated carbocycles. The van der Waals surface area contributed by atoms with Gasteiger partial charge in [-0.15, -0.1) is 0 Å². The largest absolute Gasteiger partial charge is 0.368 e. The second-order valence-electron chi connectivity index (χ2n) is 5.72. The molecule has 0 amide bonds. The Morgan fingerprint density at radius 3 is 2.85 bits per heavy atom. The molecule has 0 radical (unpaired) electrons. The second kappa shape index (κ2) is 7.04. The summed E-state index contributed by atoms with van der Waals surface area (Å²) in [5, 5.41) is 3.42. The van der Waals surface area contributed by atoms with Crippen LogP contribution in [-0.2, 0) is 6.54 Å². The molecule has 0 bridgehead atoms. The Morgan fingerprint density at radius 1 is 1.35 bits per heavy atom. The van der Waals surface area contributed by atoms with Gasteiger partial charge in [0.15, 0.2) is 0 Å². The first-order chi connectivity index (χ1) is 9.65. The number of aryl methyl sites for hydroxylation is 1. The van der Waals surface area contributed by atoms with Gasteiger partial charge in [-0.1, -0.05) is 13.8 Å². The van der Waals surface area contributed by atoms with Gasteiger partial charge in [0.2, 0.25) is 0 Å². The average Bonchev–Trinajstić information content (AvgIpc) is 2.46. The van der Waals surface area contributed by atoms with Crippen molar-refractivity contribution in [2.45, 2.75) is 39.8 Å². The first kappa shape index (κ1) is 15.3. The molecule has 4 heteroatoms. The van der Waals surface area contributed by atoms with Crippen LogP contribution in [0.3, 0.4) is 0 Å². The highest BCUT2D eigenvalue weighted by Crippen LogP contribution is 2.24. The number of hydrogen-bond donors (Lipinski definition) is 1. The van der Waals surface area contributed by atoms with E-state index in [0.29, 0.717) is 6.04 Å². The molecule has 0 aliphatic carbocycles. The third-order valence-electron chi connectivity index (χ3n) is 4.25. The quantitative estimate of drug-likeness (QED) is 0.891. The Labute approximate surface area is 123 Å². The molecule has 1 aliphatic heterocycles. The topological polar surface area (TPSA) is 31.4 Å². The van der Waals surface area contributed by atoms with E-state index in [2.05, 4.69) is 54.0 Å². The molecule has 1 aliphatic rings. The molecule has 20 heavy (non-hydrogen) atoms. The summed E-state index contributed by atoms with van der Waals surface area (Å²) in [5.74, 6) is 0. The van der Waals surface area contributed by atoms with Crippen LogP contribution in [0.2, 0.25) is 0 Å². The lowest BCUT2D eigenvalue weighted by Gasteiger charge is -2.41. The molecular formula is C16H28N4. The van der Waals surface area contributed by atoms with Crippen molar-refractivity contribution in [3.05, 3.63) is 23.5 Å². The van der Waals surface area contributed by atoms with Crippen LogP contribution in [0.15, 0.2) is 12.3 Å². The molecule has 0 aromatic carbocycles.